The van der Waals surface area contributed by atoms with E-state index < -0.39 is 0 Å². The third-order valence-corrected chi connectivity index (χ3v) is 5.69. The fourth-order valence-electron chi connectivity index (χ4n) is 3.22. The van der Waals surface area contributed by atoms with Crippen LogP contribution >= 0.6 is 11.3 Å². The smallest absolute Gasteiger partial charge is 0.278 e. The second-order valence-corrected chi connectivity index (χ2v) is 7.32. The monoisotopic (exact) mass is 364 g/mol. The number of fused-ring (bicyclic) bond motifs is 1. The van der Waals surface area contributed by atoms with Gasteiger partial charge in [-0.05, 0) is 37.8 Å². The minimum Gasteiger partial charge on any atom is -0.295 e. The van der Waals surface area contributed by atoms with Crippen molar-refractivity contribution < 1.29 is 4.79 Å². The van der Waals surface area contributed by atoms with Gasteiger partial charge in [0.25, 0.3) is 5.91 Å². The van der Waals surface area contributed by atoms with Crippen molar-refractivity contribution in [2.24, 2.45) is 0 Å². The summed E-state index contributed by atoms with van der Waals surface area (Å²) in [5.41, 5.74) is 2.58. The Labute approximate surface area is 156 Å². The predicted molar refractivity (Wildman–Crippen MR) is 104 cm³/mol. The first-order valence-corrected chi connectivity index (χ1v) is 9.58. The first-order valence-electron chi connectivity index (χ1n) is 8.77. The maximum Gasteiger partial charge on any atom is 0.278 e. The molecule has 1 aromatic carbocycles. The number of anilines is 1. The summed E-state index contributed by atoms with van der Waals surface area (Å²) < 4.78 is 1.81. The van der Waals surface area contributed by atoms with E-state index in [9.17, 15) is 4.79 Å². The third-order valence-electron chi connectivity index (χ3n) is 4.51. The lowest BCUT2D eigenvalue weighted by molar-refractivity contribution is 0.0983. The number of carbonyl (C=O) groups is 1. The number of aryl methyl sites for hydroxylation is 2. The standard InChI is InChI=1S/C20H20N4OS/c1-2-12-23(20-22-16-10-6-7-11-18(16)26-20)19(25)17-13-21-14-24(17)15-8-4-3-5-9-15/h2-5,8-9,13-14H,1,6-7,10-12H2. The SMILES string of the molecule is C=CCN(C(=O)c1cncn1-c1ccccc1)c1nc2c(s1)CCCC2. The zero-order chi connectivity index (χ0) is 17.9. The summed E-state index contributed by atoms with van der Waals surface area (Å²) in [5, 5.41) is 0.752. The van der Waals surface area contributed by atoms with Crippen molar-refractivity contribution in [3.63, 3.8) is 0 Å². The van der Waals surface area contributed by atoms with Crippen molar-refractivity contribution in [2.45, 2.75) is 25.7 Å². The summed E-state index contributed by atoms with van der Waals surface area (Å²) in [7, 11) is 0. The molecule has 0 aliphatic heterocycles. The molecular formula is C20H20N4OS. The Balaban J connectivity index is 1.70. The molecule has 3 aromatic rings. The number of aromatic nitrogens is 3. The van der Waals surface area contributed by atoms with E-state index in [0.29, 0.717) is 12.2 Å². The average Bonchev–Trinajstić information content (AvgIpc) is 3.33. The molecular weight excluding hydrogens is 344 g/mol. The van der Waals surface area contributed by atoms with Gasteiger partial charge in [-0.25, -0.2) is 9.97 Å². The zero-order valence-corrected chi connectivity index (χ0v) is 15.3. The minimum absolute atomic E-state index is 0.114. The quantitative estimate of drug-likeness (QED) is 0.642. The van der Waals surface area contributed by atoms with E-state index in [1.54, 1.807) is 34.8 Å². The summed E-state index contributed by atoms with van der Waals surface area (Å²) >= 11 is 1.63. The highest BCUT2D eigenvalue weighted by molar-refractivity contribution is 7.16. The summed E-state index contributed by atoms with van der Waals surface area (Å²) in [5.74, 6) is -0.114. The van der Waals surface area contributed by atoms with Crippen molar-refractivity contribution in [3.05, 3.63) is 71.8 Å². The van der Waals surface area contributed by atoms with Gasteiger partial charge in [0.15, 0.2) is 5.13 Å². The van der Waals surface area contributed by atoms with Gasteiger partial charge in [0.2, 0.25) is 0 Å². The number of amides is 1. The van der Waals surface area contributed by atoms with Crippen LogP contribution in [0.25, 0.3) is 5.69 Å². The van der Waals surface area contributed by atoms with Crippen molar-refractivity contribution in [3.8, 4) is 5.69 Å². The minimum atomic E-state index is -0.114. The lowest BCUT2D eigenvalue weighted by atomic mass is 10.0. The number of para-hydroxylation sites is 1. The molecule has 1 aliphatic carbocycles. The Bertz CT molecular complexity index is 905. The highest BCUT2D eigenvalue weighted by Gasteiger charge is 2.25. The molecule has 0 N–H and O–H groups in total. The molecule has 0 saturated heterocycles. The number of rotatable bonds is 5. The van der Waals surface area contributed by atoms with Crippen molar-refractivity contribution in [1.82, 2.24) is 14.5 Å². The van der Waals surface area contributed by atoms with E-state index in [1.807, 2.05) is 34.9 Å². The predicted octanol–water partition coefficient (Wildman–Crippen LogP) is 4.04. The normalized spacial score (nSPS) is 13.2. The molecule has 26 heavy (non-hydrogen) atoms. The van der Waals surface area contributed by atoms with Gasteiger partial charge in [-0.3, -0.25) is 14.3 Å². The Morgan fingerprint density at radius 2 is 2.08 bits per heavy atom. The third kappa shape index (κ3) is 3.08. The molecule has 0 spiro atoms. The average molecular weight is 364 g/mol. The van der Waals surface area contributed by atoms with Gasteiger partial charge in [0.05, 0.1) is 18.2 Å². The fraction of sp³-hybridized carbons (Fsp3) is 0.250. The Hall–Kier alpha value is -2.73. The maximum atomic E-state index is 13.3. The Morgan fingerprint density at radius 1 is 1.27 bits per heavy atom. The molecule has 132 valence electrons. The molecule has 6 heteroatoms. The van der Waals surface area contributed by atoms with Crippen LogP contribution in [0.4, 0.5) is 5.13 Å². The van der Waals surface area contributed by atoms with Crippen LogP contribution in [-0.4, -0.2) is 27.0 Å². The van der Waals surface area contributed by atoms with Gasteiger partial charge in [0.1, 0.15) is 5.69 Å². The van der Waals surface area contributed by atoms with Crippen LogP contribution in [-0.2, 0) is 12.8 Å². The molecule has 4 rings (SSSR count). The molecule has 2 aromatic heterocycles. The molecule has 2 heterocycles. The molecule has 0 saturated carbocycles. The lowest BCUT2D eigenvalue weighted by Gasteiger charge is -2.18. The van der Waals surface area contributed by atoms with Crippen LogP contribution in [0.2, 0.25) is 0 Å². The van der Waals surface area contributed by atoms with Crippen LogP contribution in [0.15, 0.2) is 55.5 Å². The van der Waals surface area contributed by atoms with E-state index in [-0.39, 0.29) is 5.91 Å². The summed E-state index contributed by atoms with van der Waals surface area (Å²) in [6.07, 6.45) is 9.45. The van der Waals surface area contributed by atoms with Crippen LogP contribution < -0.4 is 4.90 Å². The van der Waals surface area contributed by atoms with Gasteiger partial charge in [-0.15, -0.1) is 17.9 Å². The van der Waals surface area contributed by atoms with Gasteiger partial charge in [-0.1, -0.05) is 24.3 Å². The molecule has 0 atom stereocenters. The number of thiazole rings is 1. The van der Waals surface area contributed by atoms with Crippen molar-refractivity contribution in [2.75, 3.05) is 11.4 Å². The number of hydrogen-bond acceptors (Lipinski definition) is 4. The van der Waals surface area contributed by atoms with E-state index in [4.69, 9.17) is 4.98 Å². The molecule has 5 nitrogen and oxygen atoms in total. The van der Waals surface area contributed by atoms with Crippen molar-refractivity contribution in [1.29, 1.82) is 0 Å². The molecule has 0 radical (unpaired) electrons. The highest BCUT2D eigenvalue weighted by atomic mass is 32.1. The first-order chi connectivity index (χ1) is 12.8. The second-order valence-electron chi connectivity index (χ2n) is 6.26. The second kappa shape index (κ2) is 7.25. The number of benzene rings is 1. The Kier molecular flexibility index (Phi) is 4.67. The van der Waals surface area contributed by atoms with Crippen LogP contribution in [0.1, 0.15) is 33.9 Å². The molecule has 0 unspecified atom stereocenters. The first kappa shape index (κ1) is 16.7. The van der Waals surface area contributed by atoms with E-state index in [0.717, 1.165) is 29.4 Å². The van der Waals surface area contributed by atoms with Gasteiger partial charge < -0.3 is 0 Å². The highest BCUT2D eigenvalue weighted by Crippen LogP contribution is 2.32. The van der Waals surface area contributed by atoms with Gasteiger partial charge in [-0.2, -0.15) is 0 Å². The van der Waals surface area contributed by atoms with Gasteiger partial charge in [0, 0.05) is 17.1 Å². The maximum absolute atomic E-state index is 13.3. The fourth-order valence-corrected chi connectivity index (χ4v) is 4.37. The van der Waals surface area contributed by atoms with E-state index in [2.05, 4.69) is 11.6 Å². The molecule has 1 amide bonds. The largest absolute Gasteiger partial charge is 0.295 e. The van der Waals surface area contributed by atoms with E-state index in [1.165, 1.54) is 17.7 Å². The number of imidazole rings is 1. The van der Waals surface area contributed by atoms with Crippen LogP contribution in [0.3, 0.4) is 0 Å². The number of hydrogen-bond donors (Lipinski definition) is 0. The summed E-state index contributed by atoms with van der Waals surface area (Å²) in [6, 6.07) is 9.75. The lowest BCUT2D eigenvalue weighted by Crippen LogP contribution is -2.32. The van der Waals surface area contributed by atoms with E-state index >= 15 is 0 Å². The molecule has 0 bridgehead atoms. The summed E-state index contributed by atoms with van der Waals surface area (Å²) in [6.45, 7) is 4.23. The van der Waals surface area contributed by atoms with Crippen LogP contribution in [0, 0.1) is 0 Å². The van der Waals surface area contributed by atoms with Crippen LogP contribution in [0.5, 0.6) is 0 Å². The molecule has 0 fully saturated rings. The number of nitrogens with zero attached hydrogens (tertiary/aromatic N) is 4. The zero-order valence-electron chi connectivity index (χ0n) is 14.5. The van der Waals surface area contributed by atoms with Gasteiger partial charge >= 0.3 is 0 Å². The number of carbonyl (C=O) groups excluding carboxylic acids is 1. The topological polar surface area (TPSA) is 51.0 Å². The Morgan fingerprint density at radius 3 is 2.85 bits per heavy atom. The van der Waals surface area contributed by atoms with Crippen molar-refractivity contribution >= 4 is 22.4 Å². The molecule has 1 aliphatic rings. The summed E-state index contributed by atoms with van der Waals surface area (Å²) in [4.78, 5) is 25.2.